The number of sulfonamides is 1. The number of carbonyl (C=O) groups excluding carboxylic acids is 1. The predicted octanol–water partition coefficient (Wildman–Crippen LogP) is 2.04. The number of hydrogen-bond donors (Lipinski definition) is 3. The molecule has 1 fully saturated rings. The van der Waals surface area contributed by atoms with Gasteiger partial charge in [0, 0.05) is 37.8 Å². The molecule has 1 unspecified atom stereocenters. The van der Waals surface area contributed by atoms with Crippen molar-refractivity contribution >= 4 is 21.5 Å². The van der Waals surface area contributed by atoms with Crippen LogP contribution in [0.1, 0.15) is 49.1 Å². The Morgan fingerprint density at radius 1 is 1.17 bits per heavy atom. The zero-order chi connectivity index (χ0) is 24.6. The summed E-state index contributed by atoms with van der Waals surface area (Å²) in [6, 6.07) is -0.502. The summed E-state index contributed by atoms with van der Waals surface area (Å²) >= 11 is 0. The van der Waals surface area contributed by atoms with Crippen molar-refractivity contribution in [2.75, 3.05) is 26.2 Å². The molecule has 1 saturated carbocycles. The first kappa shape index (κ1) is 24.0. The van der Waals surface area contributed by atoms with Crippen molar-refractivity contribution < 1.29 is 17.7 Å². The molecule has 35 heavy (non-hydrogen) atoms. The summed E-state index contributed by atoms with van der Waals surface area (Å²) in [5.41, 5.74) is 3.31. The van der Waals surface area contributed by atoms with E-state index < -0.39 is 16.1 Å². The van der Waals surface area contributed by atoms with Crippen molar-refractivity contribution in [2.24, 2.45) is 0 Å². The summed E-state index contributed by atoms with van der Waals surface area (Å²) in [5.74, 6) is 0.410. The Bertz CT molecular complexity index is 1210. The maximum absolute atomic E-state index is 13.6. The average molecular weight is 500 g/mol. The van der Waals surface area contributed by atoms with E-state index in [1.165, 1.54) is 0 Å². The number of aryl methyl sites for hydroxylation is 2. The minimum atomic E-state index is -3.80. The standard InChI is InChI=1S/C25H33N5O4S/c1-16-24(17(2)34-28-16)18-13-21-20(23(14-18)35(32,33)29-19-7-3-4-8-19)15-22(25(31)27-21)26-9-12-30-10-5-6-11-30/h5-6,14-15,19,21,26,29H,3-4,7-13H2,1-2H3,(H,27,31). The number of fused-ring (bicyclic) bond motifs is 1. The molecule has 0 radical (unpaired) electrons. The van der Waals surface area contributed by atoms with Crippen molar-refractivity contribution in [1.29, 1.82) is 0 Å². The summed E-state index contributed by atoms with van der Waals surface area (Å²) in [7, 11) is -3.80. The molecule has 188 valence electrons. The summed E-state index contributed by atoms with van der Waals surface area (Å²) in [6.07, 6.45) is 11.9. The maximum atomic E-state index is 13.6. The van der Waals surface area contributed by atoms with E-state index in [0.717, 1.165) is 56.5 Å². The molecular formula is C25H33N5O4S. The third-order valence-electron chi connectivity index (χ3n) is 7.20. The Hall–Kier alpha value is -2.69. The van der Waals surface area contributed by atoms with Crippen LogP contribution in [0.4, 0.5) is 0 Å². The number of amides is 1. The Morgan fingerprint density at radius 2 is 1.91 bits per heavy atom. The molecule has 0 aromatic carbocycles. The van der Waals surface area contributed by atoms with Crippen LogP contribution in [0.2, 0.25) is 0 Å². The van der Waals surface area contributed by atoms with Gasteiger partial charge < -0.3 is 15.2 Å². The van der Waals surface area contributed by atoms with Crippen LogP contribution in [0.25, 0.3) is 5.57 Å². The van der Waals surface area contributed by atoms with Crippen molar-refractivity contribution in [2.45, 2.75) is 58.0 Å². The van der Waals surface area contributed by atoms with Gasteiger partial charge in [0.1, 0.15) is 11.5 Å². The van der Waals surface area contributed by atoms with E-state index in [2.05, 4.69) is 37.6 Å². The van der Waals surface area contributed by atoms with Crippen LogP contribution in [0.3, 0.4) is 0 Å². The molecule has 1 aromatic heterocycles. The number of hydrogen-bond acceptors (Lipinski definition) is 7. The van der Waals surface area contributed by atoms with Crippen LogP contribution in [-0.2, 0) is 14.8 Å². The molecule has 1 atom stereocenters. The molecule has 3 N–H and O–H groups in total. The van der Waals surface area contributed by atoms with Gasteiger partial charge in [-0.05, 0) is 56.4 Å². The molecule has 1 aromatic rings. The fourth-order valence-corrected chi connectivity index (χ4v) is 7.03. The van der Waals surface area contributed by atoms with Gasteiger partial charge in [-0.3, -0.25) is 9.69 Å². The van der Waals surface area contributed by atoms with Gasteiger partial charge in [0.05, 0.1) is 16.6 Å². The molecule has 0 bridgehead atoms. The number of carbonyl (C=O) groups is 1. The van der Waals surface area contributed by atoms with Gasteiger partial charge in [0.2, 0.25) is 10.0 Å². The van der Waals surface area contributed by atoms with E-state index in [1.54, 1.807) is 12.2 Å². The molecule has 5 rings (SSSR count). The Labute approximate surface area is 206 Å². The van der Waals surface area contributed by atoms with Gasteiger partial charge in [-0.15, -0.1) is 0 Å². The normalized spacial score (nSPS) is 23.4. The van der Waals surface area contributed by atoms with E-state index in [-0.39, 0.29) is 16.9 Å². The van der Waals surface area contributed by atoms with Gasteiger partial charge in [-0.2, -0.15) is 0 Å². The van der Waals surface area contributed by atoms with Gasteiger partial charge in [0.15, 0.2) is 0 Å². The van der Waals surface area contributed by atoms with E-state index in [1.807, 2.05) is 13.8 Å². The van der Waals surface area contributed by atoms with Crippen molar-refractivity contribution in [1.82, 2.24) is 25.4 Å². The molecule has 0 spiro atoms. The fourth-order valence-electron chi connectivity index (χ4n) is 5.42. The third kappa shape index (κ3) is 5.00. The minimum absolute atomic E-state index is 0.0572. The van der Waals surface area contributed by atoms with Crippen LogP contribution >= 0.6 is 0 Å². The van der Waals surface area contributed by atoms with Crippen LogP contribution < -0.4 is 15.4 Å². The van der Waals surface area contributed by atoms with E-state index in [9.17, 15) is 13.2 Å². The largest absolute Gasteiger partial charge is 0.379 e. The minimum Gasteiger partial charge on any atom is -0.379 e. The van der Waals surface area contributed by atoms with Crippen molar-refractivity contribution in [3.8, 4) is 0 Å². The van der Waals surface area contributed by atoms with Gasteiger partial charge in [-0.25, -0.2) is 13.1 Å². The van der Waals surface area contributed by atoms with Gasteiger partial charge >= 0.3 is 0 Å². The second-order valence-electron chi connectivity index (χ2n) is 9.74. The Morgan fingerprint density at radius 3 is 2.60 bits per heavy atom. The van der Waals surface area contributed by atoms with Crippen LogP contribution in [-0.4, -0.2) is 62.6 Å². The van der Waals surface area contributed by atoms with E-state index in [0.29, 0.717) is 35.7 Å². The maximum Gasteiger partial charge on any atom is 0.267 e. The van der Waals surface area contributed by atoms with Crippen molar-refractivity contribution in [3.05, 3.63) is 57.5 Å². The van der Waals surface area contributed by atoms with Gasteiger partial charge in [-0.1, -0.05) is 30.2 Å². The quantitative estimate of drug-likeness (QED) is 0.469. The molecule has 9 nitrogen and oxygen atoms in total. The zero-order valence-corrected chi connectivity index (χ0v) is 21.1. The second kappa shape index (κ2) is 9.75. The number of aromatic nitrogens is 1. The summed E-state index contributed by atoms with van der Waals surface area (Å²) < 4.78 is 35.5. The van der Waals surface area contributed by atoms with Crippen LogP contribution in [0.15, 0.2) is 45.0 Å². The number of rotatable bonds is 8. The summed E-state index contributed by atoms with van der Waals surface area (Å²) in [5, 5.41) is 10.3. The molecule has 3 heterocycles. The molecule has 1 amide bonds. The molecule has 2 aliphatic carbocycles. The summed E-state index contributed by atoms with van der Waals surface area (Å²) in [6.45, 7) is 6.87. The van der Waals surface area contributed by atoms with Crippen molar-refractivity contribution in [3.63, 3.8) is 0 Å². The molecule has 2 aliphatic heterocycles. The Kier molecular flexibility index (Phi) is 6.69. The third-order valence-corrected chi connectivity index (χ3v) is 8.77. The van der Waals surface area contributed by atoms with E-state index in [4.69, 9.17) is 4.52 Å². The molecule has 0 saturated heterocycles. The Balaban J connectivity index is 1.50. The first-order valence-corrected chi connectivity index (χ1v) is 13.8. The average Bonchev–Trinajstić information content (AvgIpc) is 3.57. The lowest BCUT2D eigenvalue weighted by Crippen LogP contribution is -2.47. The second-order valence-corrected chi connectivity index (χ2v) is 11.4. The fraction of sp³-hybridized carbons (Fsp3) is 0.520. The SMILES string of the molecule is Cc1noc(C)c1C1=CC(S(=O)(=O)NC2CCCC2)=C2C=C(NCCN3CC=CC3)C(=O)NC2C1. The first-order valence-electron chi connectivity index (χ1n) is 12.4. The first-order chi connectivity index (χ1) is 16.8. The number of nitrogens with zero attached hydrogens (tertiary/aromatic N) is 2. The highest BCUT2D eigenvalue weighted by atomic mass is 32.2. The molecular weight excluding hydrogens is 466 g/mol. The number of allylic oxidation sites excluding steroid dienone is 1. The predicted molar refractivity (Wildman–Crippen MR) is 134 cm³/mol. The zero-order valence-electron chi connectivity index (χ0n) is 20.3. The number of nitrogens with one attached hydrogen (secondary N) is 3. The van der Waals surface area contributed by atoms with Crippen LogP contribution in [0, 0.1) is 13.8 Å². The monoisotopic (exact) mass is 499 g/mol. The lowest BCUT2D eigenvalue weighted by Gasteiger charge is -2.32. The highest BCUT2D eigenvalue weighted by molar-refractivity contribution is 7.93. The smallest absolute Gasteiger partial charge is 0.267 e. The topological polar surface area (TPSA) is 117 Å². The molecule has 4 aliphatic rings. The van der Waals surface area contributed by atoms with Gasteiger partial charge in [0.25, 0.3) is 5.91 Å². The lowest BCUT2D eigenvalue weighted by atomic mass is 9.86. The highest BCUT2D eigenvalue weighted by Crippen LogP contribution is 2.38. The van der Waals surface area contributed by atoms with Crippen LogP contribution in [0.5, 0.6) is 0 Å². The summed E-state index contributed by atoms with van der Waals surface area (Å²) in [4.78, 5) is 15.4. The highest BCUT2D eigenvalue weighted by Gasteiger charge is 2.36. The molecule has 10 heteroatoms. The lowest BCUT2D eigenvalue weighted by molar-refractivity contribution is -0.118. The van der Waals surface area contributed by atoms with E-state index >= 15 is 0 Å².